The van der Waals surface area contributed by atoms with E-state index in [4.69, 9.17) is 4.74 Å². The quantitative estimate of drug-likeness (QED) is 0.160. The lowest BCUT2D eigenvalue weighted by Crippen LogP contribution is -2.25. The Morgan fingerprint density at radius 3 is 2.13 bits per heavy atom. The molecule has 6 heteroatoms. The van der Waals surface area contributed by atoms with Crippen molar-refractivity contribution in [2.24, 2.45) is 5.92 Å². The Kier molecular flexibility index (Phi) is 27.9. The molecular weight excluding hydrogens is 408 g/mol. The minimum atomic E-state index is 0.611. The summed E-state index contributed by atoms with van der Waals surface area (Å²) in [5.41, 5.74) is 1.11. The molecule has 0 saturated carbocycles. The van der Waals surface area contributed by atoms with E-state index in [2.05, 4.69) is 59.8 Å². The molecule has 1 rings (SSSR count). The second-order valence-electron chi connectivity index (χ2n) is 6.73. The monoisotopic (exact) mass is 450 g/mol. The van der Waals surface area contributed by atoms with Crippen LogP contribution in [0.4, 0.5) is 0 Å². The molecule has 0 radical (unpaired) electrons. The van der Waals surface area contributed by atoms with Crippen molar-refractivity contribution in [1.82, 2.24) is 9.62 Å². The zero-order chi connectivity index (χ0) is 24.5. The zero-order valence-electron chi connectivity index (χ0n) is 20.4. The van der Waals surface area contributed by atoms with E-state index in [1.54, 1.807) is 33.3 Å². The van der Waals surface area contributed by atoms with Crippen LogP contribution in [-0.4, -0.2) is 51.7 Å². The highest BCUT2D eigenvalue weighted by molar-refractivity contribution is 7.97. The number of allylic oxidation sites excluding steroid dienone is 3. The third kappa shape index (κ3) is 25.8. The standard InChI is InChI=1S/C15H24N2O2S.C6H10.C2H6O.C2H2/c1-13(2)11-17(10-4-9-16-12-18)20-15-7-5-14(19-3)6-8-15;1-4-5-6(2)3;1-3-2;1-2/h5-8,12-13H,4,9-11H2,1-3H3,(H,16,18);4-5H,2H2,1,3H3;1-2H3;1-2H/b;5-4-;;. The minimum absolute atomic E-state index is 0.611. The highest BCUT2D eigenvalue weighted by atomic mass is 32.2. The van der Waals surface area contributed by atoms with Gasteiger partial charge in [-0.05, 0) is 62.4 Å². The fraction of sp³-hybridized carbons (Fsp3) is 0.480. The molecular formula is C25H42N2O3S. The Labute approximate surface area is 195 Å². The van der Waals surface area contributed by atoms with E-state index in [-0.39, 0.29) is 0 Å². The molecule has 5 nitrogen and oxygen atoms in total. The molecule has 0 unspecified atom stereocenters. The molecule has 0 aliphatic heterocycles. The molecule has 0 spiro atoms. The predicted molar refractivity (Wildman–Crippen MR) is 136 cm³/mol. The molecule has 0 fully saturated rings. The van der Waals surface area contributed by atoms with Crippen LogP contribution in [0.5, 0.6) is 5.75 Å². The maximum Gasteiger partial charge on any atom is 0.207 e. The van der Waals surface area contributed by atoms with E-state index >= 15 is 0 Å². The second kappa shape index (κ2) is 25.8. The number of carbonyl (C=O) groups is 1. The number of terminal acetylenes is 1. The number of rotatable bonds is 11. The number of nitrogens with one attached hydrogen (secondary N) is 1. The predicted octanol–water partition coefficient (Wildman–Crippen LogP) is 5.45. The number of benzene rings is 1. The van der Waals surface area contributed by atoms with Crippen LogP contribution in [-0.2, 0) is 9.53 Å². The maximum atomic E-state index is 10.2. The van der Waals surface area contributed by atoms with Crippen LogP contribution in [0.25, 0.3) is 0 Å². The van der Waals surface area contributed by atoms with E-state index in [0.717, 1.165) is 43.8 Å². The minimum Gasteiger partial charge on any atom is -0.497 e. The molecule has 0 atom stereocenters. The molecule has 0 aliphatic rings. The molecule has 1 aromatic rings. The van der Waals surface area contributed by atoms with Crippen molar-refractivity contribution < 1.29 is 14.3 Å². The number of hydrogen-bond donors (Lipinski definition) is 1. The van der Waals surface area contributed by atoms with Gasteiger partial charge >= 0.3 is 0 Å². The summed E-state index contributed by atoms with van der Waals surface area (Å²) in [5, 5.41) is 2.70. The molecule has 0 aromatic heterocycles. The molecule has 0 heterocycles. The fourth-order valence-corrected chi connectivity index (χ4v) is 3.22. The van der Waals surface area contributed by atoms with Gasteiger partial charge in [0.05, 0.1) is 7.11 Å². The van der Waals surface area contributed by atoms with Gasteiger partial charge in [0.1, 0.15) is 5.75 Å². The summed E-state index contributed by atoms with van der Waals surface area (Å²) >= 11 is 1.76. The van der Waals surface area contributed by atoms with Gasteiger partial charge in [-0.15, -0.1) is 12.8 Å². The lowest BCUT2D eigenvalue weighted by molar-refractivity contribution is -0.109. The van der Waals surface area contributed by atoms with Crippen LogP contribution in [0.3, 0.4) is 0 Å². The lowest BCUT2D eigenvalue weighted by atomic mass is 10.2. The Morgan fingerprint density at radius 2 is 1.77 bits per heavy atom. The van der Waals surface area contributed by atoms with Crippen LogP contribution in [0.1, 0.15) is 34.1 Å². The van der Waals surface area contributed by atoms with E-state index in [1.165, 1.54) is 4.90 Å². The van der Waals surface area contributed by atoms with Crippen molar-refractivity contribution in [3.05, 3.63) is 48.6 Å². The number of nitrogens with zero attached hydrogens (tertiary/aromatic N) is 1. The van der Waals surface area contributed by atoms with Crippen LogP contribution >= 0.6 is 11.9 Å². The summed E-state index contributed by atoms with van der Waals surface area (Å²) in [6.07, 6.45) is 13.7. The van der Waals surface area contributed by atoms with Gasteiger partial charge in [-0.25, -0.2) is 4.31 Å². The second-order valence-corrected chi connectivity index (χ2v) is 7.90. The number of amides is 1. The van der Waals surface area contributed by atoms with Gasteiger partial charge in [0.15, 0.2) is 0 Å². The highest BCUT2D eigenvalue weighted by Gasteiger charge is 2.09. The number of hydrogen-bond acceptors (Lipinski definition) is 5. The normalized spacial score (nSPS) is 9.52. The molecule has 1 aromatic carbocycles. The summed E-state index contributed by atoms with van der Waals surface area (Å²) in [5.74, 6) is 1.49. The summed E-state index contributed by atoms with van der Waals surface area (Å²) in [7, 11) is 4.92. The first-order valence-electron chi connectivity index (χ1n) is 10.1. The third-order valence-electron chi connectivity index (χ3n) is 3.13. The number of ether oxygens (including phenoxy) is 2. The molecule has 1 amide bonds. The third-order valence-corrected chi connectivity index (χ3v) is 4.20. The van der Waals surface area contributed by atoms with Crippen LogP contribution in [0, 0.1) is 18.8 Å². The van der Waals surface area contributed by atoms with Gasteiger partial charge < -0.3 is 14.8 Å². The Bertz CT molecular complexity index is 584. The highest BCUT2D eigenvalue weighted by Crippen LogP contribution is 2.25. The van der Waals surface area contributed by atoms with Crippen LogP contribution in [0.2, 0.25) is 0 Å². The lowest BCUT2D eigenvalue weighted by Gasteiger charge is -2.23. The van der Waals surface area contributed by atoms with Gasteiger partial charge in [0, 0.05) is 38.7 Å². The Morgan fingerprint density at radius 1 is 1.23 bits per heavy atom. The fourth-order valence-electron chi connectivity index (χ4n) is 2.07. The largest absolute Gasteiger partial charge is 0.497 e. The van der Waals surface area contributed by atoms with E-state index in [1.807, 2.05) is 38.1 Å². The first-order chi connectivity index (χ1) is 14.8. The summed E-state index contributed by atoms with van der Waals surface area (Å²) in [6.45, 7) is 14.7. The smallest absolute Gasteiger partial charge is 0.207 e. The van der Waals surface area contributed by atoms with Crippen LogP contribution in [0.15, 0.2) is 53.5 Å². The van der Waals surface area contributed by atoms with Crippen molar-refractivity contribution in [3.8, 4) is 18.6 Å². The number of carbonyl (C=O) groups excluding carboxylic acids is 1. The van der Waals surface area contributed by atoms with Gasteiger partial charge in [-0.1, -0.05) is 38.2 Å². The Balaban J connectivity index is -0.000000595. The van der Waals surface area contributed by atoms with Gasteiger partial charge in [-0.2, -0.15) is 0 Å². The molecule has 0 bridgehead atoms. The van der Waals surface area contributed by atoms with Gasteiger partial charge in [0.2, 0.25) is 6.41 Å². The first-order valence-corrected chi connectivity index (χ1v) is 10.9. The molecule has 0 aliphatic carbocycles. The zero-order valence-corrected chi connectivity index (χ0v) is 21.2. The van der Waals surface area contributed by atoms with Crippen molar-refractivity contribution >= 4 is 18.4 Å². The van der Waals surface area contributed by atoms with Crippen molar-refractivity contribution in [1.29, 1.82) is 0 Å². The molecule has 176 valence electrons. The Hall–Kier alpha value is -2.20. The van der Waals surface area contributed by atoms with Gasteiger partial charge in [0.25, 0.3) is 0 Å². The summed E-state index contributed by atoms with van der Waals surface area (Å²) in [4.78, 5) is 11.4. The van der Waals surface area contributed by atoms with Gasteiger partial charge in [-0.3, -0.25) is 4.79 Å². The summed E-state index contributed by atoms with van der Waals surface area (Å²) < 4.78 is 11.8. The topological polar surface area (TPSA) is 50.8 Å². The van der Waals surface area contributed by atoms with E-state index < -0.39 is 0 Å². The van der Waals surface area contributed by atoms with Crippen molar-refractivity contribution in [2.75, 3.05) is 41.0 Å². The van der Waals surface area contributed by atoms with Crippen molar-refractivity contribution in [3.63, 3.8) is 0 Å². The van der Waals surface area contributed by atoms with Crippen LogP contribution < -0.4 is 10.1 Å². The first kappa shape index (κ1) is 33.4. The SMILES string of the molecule is C#C.C=C(C)/C=C\C.COC.COc1ccc(SN(CCCNC=O)CC(C)C)cc1. The average Bonchev–Trinajstić information content (AvgIpc) is 2.74. The summed E-state index contributed by atoms with van der Waals surface area (Å²) in [6, 6.07) is 8.09. The number of methoxy groups -OCH3 is 2. The molecule has 1 N–H and O–H groups in total. The van der Waals surface area contributed by atoms with E-state index in [0.29, 0.717) is 5.92 Å². The molecule has 31 heavy (non-hydrogen) atoms. The van der Waals surface area contributed by atoms with E-state index in [9.17, 15) is 4.79 Å². The average molecular weight is 451 g/mol. The maximum absolute atomic E-state index is 10.2. The molecule has 0 saturated heterocycles. The van der Waals surface area contributed by atoms with Crippen molar-refractivity contribution in [2.45, 2.75) is 39.0 Å².